The van der Waals surface area contributed by atoms with Crippen molar-refractivity contribution in [3.05, 3.63) is 52.0 Å². The first-order valence-corrected chi connectivity index (χ1v) is 6.17. The molecule has 0 saturated carbocycles. The molecule has 1 heterocycles. The first-order valence-electron chi connectivity index (χ1n) is 5.22. The molecule has 0 bridgehead atoms. The van der Waals surface area contributed by atoms with Crippen LogP contribution in [0.5, 0.6) is 0 Å². The van der Waals surface area contributed by atoms with E-state index in [1.807, 2.05) is 16.8 Å². The second-order valence-corrected chi connectivity index (χ2v) is 4.48. The average Bonchev–Trinajstić information content (AvgIpc) is 2.88. The quantitative estimate of drug-likeness (QED) is 0.344. The minimum absolute atomic E-state index is 0.105. The summed E-state index contributed by atoms with van der Waals surface area (Å²) < 4.78 is 13.4. The van der Waals surface area contributed by atoms with E-state index in [0.29, 0.717) is 12.1 Å². The molecule has 2 aromatic rings. The number of hydrogen-bond acceptors (Lipinski definition) is 4. The van der Waals surface area contributed by atoms with Crippen molar-refractivity contribution in [3.8, 4) is 0 Å². The molecule has 2 rings (SSSR count). The van der Waals surface area contributed by atoms with Gasteiger partial charge in [-0.1, -0.05) is 5.16 Å². The van der Waals surface area contributed by atoms with Gasteiger partial charge in [-0.2, -0.15) is 11.3 Å². The van der Waals surface area contributed by atoms with Crippen LogP contribution in [-0.4, -0.2) is 11.0 Å². The number of anilines is 1. The summed E-state index contributed by atoms with van der Waals surface area (Å²) in [6.45, 7) is 0.472. The molecule has 0 saturated heterocycles. The van der Waals surface area contributed by atoms with Crippen LogP contribution in [0.15, 0.2) is 40.2 Å². The summed E-state index contributed by atoms with van der Waals surface area (Å²) in [5, 5.41) is 18.5. The second-order valence-electron chi connectivity index (χ2n) is 3.70. The summed E-state index contributed by atoms with van der Waals surface area (Å²) in [6, 6.07) is 6.25. The molecule has 0 amide bonds. The lowest BCUT2D eigenvalue weighted by atomic mass is 10.1. The van der Waals surface area contributed by atoms with Crippen LogP contribution in [-0.2, 0) is 6.54 Å². The fraction of sp³-hybridized carbons (Fsp3) is 0.0833. The molecular formula is C12H12FN3OS. The van der Waals surface area contributed by atoms with Gasteiger partial charge in [-0.25, -0.2) is 4.39 Å². The maximum absolute atomic E-state index is 13.4. The van der Waals surface area contributed by atoms with Gasteiger partial charge in [-0.05, 0) is 35.2 Å². The third kappa shape index (κ3) is 2.98. The molecule has 0 fully saturated rings. The van der Waals surface area contributed by atoms with Gasteiger partial charge >= 0.3 is 0 Å². The molecule has 1 aromatic carbocycles. The molecule has 1 aromatic heterocycles. The zero-order chi connectivity index (χ0) is 13.0. The highest BCUT2D eigenvalue weighted by Gasteiger charge is 2.05. The first kappa shape index (κ1) is 12.4. The monoisotopic (exact) mass is 265 g/mol. The number of benzene rings is 1. The first-order chi connectivity index (χ1) is 8.69. The number of nitrogens with zero attached hydrogens (tertiary/aromatic N) is 1. The Kier molecular flexibility index (Phi) is 3.78. The van der Waals surface area contributed by atoms with E-state index < -0.39 is 5.82 Å². The fourth-order valence-electron chi connectivity index (χ4n) is 1.53. The molecule has 0 aliphatic heterocycles. The Hall–Kier alpha value is -2.08. The molecule has 4 N–H and O–H groups in total. The van der Waals surface area contributed by atoms with Crippen LogP contribution in [0.4, 0.5) is 10.1 Å². The van der Waals surface area contributed by atoms with Gasteiger partial charge in [0.1, 0.15) is 5.82 Å². The Morgan fingerprint density at radius 1 is 1.44 bits per heavy atom. The Morgan fingerprint density at radius 3 is 2.94 bits per heavy atom. The third-order valence-electron chi connectivity index (χ3n) is 2.38. The van der Waals surface area contributed by atoms with E-state index in [1.165, 1.54) is 12.1 Å². The van der Waals surface area contributed by atoms with Crippen molar-refractivity contribution in [1.82, 2.24) is 0 Å². The highest BCUT2D eigenvalue weighted by atomic mass is 32.1. The molecule has 0 unspecified atom stereocenters. The molecule has 0 aliphatic rings. The molecule has 0 aliphatic carbocycles. The van der Waals surface area contributed by atoms with Crippen molar-refractivity contribution in [1.29, 1.82) is 0 Å². The van der Waals surface area contributed by atoms with Crippen molar-refractivity contribution in [3.63, 3.8) is 0 Å². The number of oxime groups is 1. The van der Waals surface area contributed by atoms with Crippen molar-refractivity contribution >= 4 is 22.9 Å². The van der Waals surface area contributed by atoms with E-state index in [4.69, 9.17) is 10.9 Å². The summed E-state index contributed by atoms with van der Waals surface area (Å²) in [4.78, 5) is 0. The average molecular weight is 265 g/mol. The number of hydrogen-bond donors (Lipinski definition) is 3. The van der Waals surface area contributed by atoms with Gasteiger partial charge in [-0.3, -0.25) is 0 Å². The lowest BCUT2D eigenvalue weighted by Gasteiger charge is -2.07. The zero-order valence-corrected chi connectivity index (χ0v) is 10.2. The molecule has 0 spiro atoms. The molecule has 0 atom stereocenters. The Balaban J connectivity index is 2.15. The lowest BCUT2D eigenvalue weighted by Crippen LogP contribution is -2.14. The van der Waals surface area contributed by atoms with Crippen LogP contribution in [0.2, 0.25) is 0 Å². The van der Waals surface area contributed by atoms with Crippen LogP contribution < -0.4 is 11.1 Å². The largest absolute Gasteiger partial charge is 0.409 e. The number of nitrogens with one attached hydrogen (secondary N) is 1. The lowest BCUT2D eigenvalue weighted by molar-refractivity contribution is 0.318. The predicted octanol–water partition coefficient (Wildman–Crippen LogP) is 2.59. The number of thiophene rings is 1. The fourth-order valence-corrected chi connectivity index (χ4v) is 2.14. The van der Waals surface area contributed by atoms with Crippen LogP contribution in [0, 0.1) is 5.82 Å². The van der Waals surface area contributed by atoms with Gasteiger partial charge in [-0.15, -0.1) is 0 Å². The smallest absolute Gasteiger partial charge is 0.170 e. The molecule has 0 radical (unpaired) electrons. The topological polar surface area (TPSA) is 70.6 Å². The highest BCUT2D eigenvalue weighted by Crippen LogP contribution is 2.15. The van der Waals surface area contributed by atoms with E-state index >= 15 is 0 Å². The minimum Gasteiger partial charge on any atom is -0.409 e. The SMILES string of the molecule is N/C(=N/O)c1cc(F)cc(CNc2ccsc2)c1. The van der Waals surface area contributed by atoms with E-state index in [9.17, 15) is 4.39 Å². The summed E-state index contributed by atoms with van der Waals surface area (Å²) >= 11 is 1.58. The molecule has 6 heteroatoms. The summed E-state index contributed by atoms with van der Waals surface area (Å²) in [5.41, 5.74) is 7.50. The number of amidine groups is 1. The van der Waals surface area contributed by atoms with Gasteiger partial charge < -0.3 is 16.3 Å². The van der Waals surface area contributed by atoms with Crippen LogP contribution in [0.25, 0.3) is 0 Å². The Bertz CT molecular complexity index is 554. The second kappa shape index (κ2) is 5.50. The van der Waals surface area contributed by atoms with Gasteiger partial charge in [0.15, 0.2) is 5.84 Å². The number of rotatable bonds is 4. The van der Waals surface area contributed by atoms with E-state index in [-0.39, 0.29) is 5.84 Å². The number of halogens is 1. The van der Waals surface area contributed by atoms with Crippen LogP contribution in [0.3, 0.4) is 0 Å². The summed E-state index contributed by atoms with van der Waals surface area (Å²) in [5.74, 6) is -0.521. The minimum atomic E-state index is -0.416. The van der Waals surface area contributed by atoms with Gasteiger partial charge in [0.25, 0.3) is 0 Å². The van der Waals surface area contributed by atoms with Crippen LogP contribution in [0.1, 0.15) is 11.1 Å². The third-order valence-corrected chi connectivity index (χ3v) is 3.06. The van der Waals surface area contributed by atoms with E-state index in [1.54, 1.807) is 17.4 Å². The molecule has 18 heavy (non-hydrogen) atoms. The van der Waals surface area contributed by atoms with E-state index in [0.717, 1.165) is 11.3 Å². The Labute approximate surface area is 108 Å². The van der Waals surface area contributed by atoms with Gasteiger partial charge in [0, 0.05) is 23.2 Å². The number of nitrogens with two attached hydrogens (primary N) is 1. The van der Waals surface area contributed by atoms with Crippen molar-refractivity contribution in [2.45, 2.75) is 6.54 Å². The maximum atomic E-state index is 13.4. The van der Waals surface area contributed by atoms with Gasteiger partial charge in [0.2, 0.25) is 0 Å². The van der Waals surface area contributed by atoms with Crippen LogP contribution >= 0.6 is 11.3 Å². The highest BCUT2D eigenvalue weighted by molar-refractivity contribution is 7.08. The molecule has 94 valence electrons. The normalized spacial score (nSPS) is 11.5. The summed E-state index contributed by atoms with van der Waals surface area (Å²) in [7, 11) is 0. The Morgan fingerprint density at radius 2 is 2.28 bits per heavy atom. The predicted molar refractivity (Wildman–Crippen MR) is 70.6 cm³/mol. The van der Waals surface area contributed by atoms with Crippen molar-refractivity contribution in [2.75, 3.05) is 5.32 Å². The van der Waals surface area contributed by atoms with Crippen molar-refractivity contribution in [2.24, 2.45) is 10.9 Å². The standard InChI is InChI=1S/C12H12FN3OS/c13-10-4-8(3-9(5-10)12(14)16-17)6-15-11-1-2-18-7-11/h1-5,7,15,17H,6H2,(H2,14,16). The van der Waals surface area contributed by atoms with Gasteiger partial charge in [0.05, 0.1) is 0 Å². The summed E-state index contributed by atoms with van der Waals surface area (Å²) in [6.07, 6.45) is 0. The molecule has 4 nitrogen and oxygen atoms in total. The zero-order valence-electron chi connectivity index (χ0n) is 9.43. The van der Waals surface area contributed by atoms with E-state index in [2.05, 4.69) is 10.5 Å². The van der Waals surface area contributed by atoms with Crippen molar-refractivity contribution < 1.29 is 9.60 Å². The maximum Gasteiger partial charge on any atom is 0.170 e. The molecular weight excluding hydrogens is 253 g/mol.